The zero-order valence-corrected chi connectivity index (χ0v) is 19.0. The molecule has 1 atom stereocenters. The summed E-state index contributed by atoms with van der Waals surface area (Å²) in [6.45, 7) is 10.2. The van der Waals surface area contributed by atoms with Gasteiger partial charge in [0.05, 0.1) is 0 Å². The van der Waals surface area contributed by atoms with Crippen LogP contribution in [0.5, 0.6) is 0 Å². The first kappa shape index (κ1) is 26.7. The van der Waals surface area contributed by atoms with Crippen molar-refractivity contribution in [2.24, 2.45) is 5.92 Å². The largest absolute Gasteiger partial charge is 0.0885 e. The molecule has 0 saturated heterocycles. The van der Waals surface area contributed by atoms with Gasteiger partial charge in [0.15, 0.2) is 0 Å². The van der Waals surface area contributed by atoms with Gasteiger partial charge in [0.25, 0.3) is 0 Å². The SMILES string of the molecule is [CH2]CCCCCCCCCCC/C=C/CC(CCCC)CCCCCC[CH2]. The van der Waals surface area contributed by atoms with Crippen LogP contribution in [0.3, 0.4) is 0 Å². The average molecular weight is 377 g/mol. The summed E-state index contributed by atoms with van der Waals surface area (Å²) in [5.41, 5.74) is 0. The molecule has 0 aliphatic rings. The van der Waals surface area contributed by atoms with Crippen LogP contribution >= 0.6 is 0 Å². The van der Waals surface area contributed by atoms with Crippen molar-refractivity contribution in [2.45, 2.75) is 142 Å². The van der Waals surface area contributed by atoms with Gasteiger partial charge in [-0.05, 0) is 25.2 Å². The topological polar surface area (TPSA) is 0 Å². The Morgan fingerprint density at radius 3 is 1.59 bits per heavy atom. The summed E-state index contributed by atoms with van der Waals surface area (Å²) in [6, 6.07) is 0. The Morgan fingerprint density at radius 1 is 0.556 bits per heavy atom. The fourth-order valence-corrected chi connectivity index (χ4v) is 3.92. The second-order valence-corrected chi connectivity index (χ2v) is 8.60. The van der Waals surface area contributed by atoms with Crippen LogP contribution in [-0.2, 0) is 0 Å². The summed E-state index contributed by atoms with van der Waals surface area (Å²) in [5, 5.41) is 0. The number of rotatable bonds is 22. The Bertz CT molecular complexity index is 278. The minimum atomic E-state index is 0.935. The number of hydrogen-bond donors (Lipinski definition) is 0. The lowest BCUT2D eigenvalue weighted by atomic mass is 9.92. The molecule has 160 valence electrons. The van der Waals surface area contributed by atoms with Crippen molar-refractivity contribution in [1.29, 1.82) is 0 Å². The minimum absolute atomic E-state index is 0.935. The van der Waals surface area contributed by atoms with Crippen LogP contribution in [0.1, 0.15) is 142 Å². The van der Waals surface area contributed by atoms with E-state index in [4.69, 9.17) is 0 Å². The van der Waals surface area contributed by atoms with Gasteiger partial charge in [-0.3, -0.25) is 0 Å². The van der Waals surface area contributed by atoms with E-state index in [9.17, 15) is 0 Å². The summed E-state index contributed by atoms with van der Waals surface area (Å²) in [6.07, 6.45) is 33.7. The van der Waals surface area contributed by atoms with E-state index in [1.54, 1.807) is 0 Å². The van der Waals surface area contributed by atoms with Crippen LogP contribution < -0.4 is 0 Å². The maximum absolute atomic E-state index is 3.95. The van der Waals surface area contributed by atoms with Crippen molar-refractivity contribution in [3.05, 3.63) is 26.0 Å². The molecule has 0 aliphatic carbocycles. The molecular weight excluding hydrogens is 324 g/mol. The highest BCUT2D eigenvalue weighted by molar-refractivity contribution is 4.84. The third-order valence-corrected chi connectivity index (χ3v) is 5.84. The lowest BCUT2D eigenvalue weighted by molar-refractivity contribution is 0.415. The Balaban J connectivity index is 3.55. The first-order chi connectivity index (χ1) is 13.3. The van der Waals surface area contributed by atoms with Gasteiger partial charge < -0.3 is 0 Å². The predicted molar refractivity (Wildman–Crippen MR) is 126 cm³/mol. The fraction of sp³-hybridized carbons (Fsp3) is 0.852. The molecule has 0 heteroatoms. The minimum Gasteiger partial charge on any atom is -0.0885 e. The first-order valence-corrected chi connectivity index (χ1v) is 12.6. The Kier molecular flexibility index (Phi) is 23.5. The molecule has 0 spiro atoms. The van der Waals surface area contributed by atoms with Gasteiger partial charge in [-0.2, -0.15) is 0 Å². The summed E-state index contributed by atoms with van der Waals surface area (Å²) < 4.78 is 0. The monoisotopic (exact) mass is 376 g/mol. The standard InChI is InChI=1S/C27H52/c1-4-7-10-12-13-14-15-16-17-18-19-21-23-26-27(24-9-6-3)25-22-20-11-8-5-2/h21,23,27H,1-2,4-20,22,24-26H2,3H3/b23-21+. The van der Waals surface area contributed by atoms with Crippen LogP contribution in [0.25, 0.3) is 0 Å². The predicted octanol–water partition coefficient (Wildman–Crippen LogP) is 10.0. The average Bonchev–Trinajstić information content (AvgIpc) is 2.68. The molecule has 0 aromatic carbocycles. The molecule has 0 bridgehead atoms. The van der Waals surface area contributed by atoms with Crippen molar-refractivity contribution in [3.63, 3.8) is 0 Å². The molecule has 0 aromatic heterocycles. The molecular formula is C27H52. The molecule has 0 nitrogen and oxygen atoms in total. The van der Waals surface area contributed by atoms with Crippen molar-refractivity contribution in [3.8, 4) is 0 Å². The second kappa shape index (κ2) is 23.8. The Hall–Kier alpha value is -0.260. The molecule has 0 aliphatic heterocycles. The van der Waals surface area contributed by atoms with Gasteiger partial charge in [0, 0.05) is 0 Å². The van der Waals surface area contributed by atoms with E-state index in [1.807, 2.05) is 0 Å². The van der Waals surface area contributed by atoms with Gasteiger partial charge in [0.2, 0.25) is 0 Å². The lowest BCUT2D eigenvalue weighted by Gasteiger charge is -2.14. The van der Waals surface area contributed by atoms with E-state index in [-0.39, 0.29) is 0 Å². The van der Waals surface area contributed by atoms with Gasteiger partial charge in [-0.15, -0.1) is 0 Å². The molecule has 27 heavy (non-hydrogen) atoms. The highest BCUT2D eigenvalue weighted by atomic mass is 14.1. The van der Waals surface area contributed by atoms with Gasteiger partial charge in [-0.25, -0.2) is 0 Å². The van der Waals surface area contributed by atoms with Crippen LogP contribution in [0.15, 0.2) is 12.2 Å². The quantitative estimate of drug-likeness (QED) is 0.130. The molecule has 0 amide bonds. The van der Waals surface area contributed by atoms with Crippen molar-refractivity contribution < 1.29 is 0 Å². The molecule has 0 aromatic rings. The van der Waals surface area contributed by atoms with Crippen LogP contribution in [-0.4, -0.2) is 0 Å². The third kappa shape index (κ3) is 21.9. The van der Waals surface area contributed by atoms with Crippen LogP contribution in [0, 0.1) is 19.8 Å². The molecule has 0 N–H and O–H groups in total. The van der Waals surface area contributed by atoms with Gasteiger partial charge >= 0.3 is 0 Å². The van der Waals surface area contributed by atoms with E-state index < -0.39 is 0 Å². The highest BCUT2D eigenvalue weighted by Crippen LogP contribution is 2.21. The number of hydrogen-bond acceptors (Lipinski definition) is 0. The molecule has 2 radical (unpaired) electrons. The number of allylic oxidation sites excluding steroid dienone is 2. The number of unbranched alkanes of at least 4 members (excludes halogenated alkanes) is 15. The van der Waals surface area contributed by atoms with Crippen LogP contribution in [0.4, 0.5) is 0 Å². The van der Waals surface area contributed by atoms with Gasteiger partial charge in [-0.1, -0.05) is 148 Å². The van der Waals surface area contributed by atoms with E-state index in [0.29, 0.717) is 0 Å². The molecule has 0 heterocycles. The molecule has 0 saturated carbocycles. The second-order valence-electron chi connectivity index (χ2n) is 8.60. The van der Waals surface area contributed by atoms with Crippen molar-refractivity contribution >= 4 is 0 Å². The summed E-state index contributed by atoms with van der Waals surface area (Å²) >= 11 is 0. The molecule has 0 fully saturated rings. The van der Waals surface area contributed by atoms with E-state index in [2.05, 4.69) is 32.9 Å². The zero-order valence-electron chi connectivity index (χ0n) is 19.0. The fourth-order valence-electron chi connectivity index (χ4n) is 3.92. The van der Waals surface area contributed by atoms with Crippen molar-refractivity contribution in [1.82, 2.24) is 0 Å². The molecule has 0 rings (SSSR count). The maximum Gasteiger partial charge on any atom is -0.0322 e. The van der Waals surface area contributed by atoms with Crippen LogP contribution in [0.2, 0.25) is 0 Å². The normalized spacial score (nSPS) is 12.9. The third-order valence-electron chi connectivity index (χ3n) is 5.84. The van der Waals surface area contributed by atoms with E-state index in [0.717, 1.165) is 18.8 Å². The highest BCUT2D eigenvalue weighted by Gasteiger charge is 2.06. The molecule has 1 unspecified atom stereocenters. The summed E-state index contributed by atoms with van der Waals surface area (Å²) in [4.78, 5) is 0. The Labute approximate surface area is 174 Å². The first-order valence-electron chi connectivity index (χ1n) is 12.6. The summed E-state index contributed by atoms with van der Waals surface area (Å²) in [7, 11) is 0. The smallest absolute Gasteiger partial charge is 0.0322 e. The van der Waals surface area contributed by atoms with Crippen molar-refractivity contribution in [2.75, 3.05) is 0 Å². The van der Waals surface area contributed by atoms with E-state index >= 15 is 0 Å². The zero-order chi connectivity index (χ0) is 19.8. The Morgan fingerprint density at radius 2 is 1.04 bits per heavy atom. The maximum atomic E-state index is 3.95. The lowest BCUT2D eigenvalue weighted by Crippen LogP contribution is -1.99. The summed E-state index contributed by atoms with van der Waals surface area (Å²) in [5.74, 6) is 0.935. The van der Waals surface area contributed by atoms with E-state index in [1.165, 1.54) is 122 Å². The van der Waals surface area contributed by atoms with Gasteiger partial charge in [0.1, 0.15) is 0 Å².